The zero-order valence-corrected chi connectivity index (χ0v) is 16.9. The van der Waals surface area contributed by atoms with Gasteiger partial charge in [0.15, 0.2) is 0 Å². The van der Waals surface area contributed by atoms with Gasteiger partial charge in [-0.2, -0.15) is 0 Å². The zero-order valence-electron chi connectivity index (χ0n) is 16.9. The van der Waals surface area contributed by atoms with E-state index in [4.69, 9.17) is 9.47 Å². The molecule has 2 rings (SSSR count). The van der Waals surface area contributed by atoms with Crippen LogP contribution in [0.4, 0.5) is 0 Å². The molecule has 2 aromatic carbocycles. The fourth-order valence-electron chi connectivity index (χ4n) is 3.08. The van der Waals surface area contributed by atoms with E-state index in [0.29, 0.717) is 19.8 Å². The van der Waals surface area contributed by atoms with E-state index in [1.165, 1.54) is 6.08 Å². The van der Waals surface area contributed by atoms with Crippen LogP contribution in [0.3, 0.4) is 0 Å². The summed E-state index contributed by atoms with van der Waals surface area (Å²) in [5.41, 5.74) is 2.25. The molecular weight excluding hydrogens is 350 g/mol. The van der Waals surface area contributed by atoms with Gasteiger partial charge in [-0.25, -0.2) is 0 Å². The van der Waals surface area contributed by atoms with E-state index in [1.54, 1.807) is 0 Å². The van der Waals surface area contributed by atoms with Crippen molar-refractivity contribution < 1.29 is 14.3 Å². The maximum Gasteiger partial charge on any atom is 0.142 e. The van der Waals surface area contributed by atoms with Crippen LogP contribution >= 0.6 is 0 Å². The first kappa shape index (κ1) is 22.0. The maximum atomic E-state index is 10.9. The molecule has 0 aliphatic carbocycles. The van der Waals surface area contributed by atoms with Gasteiger partial charge in [-0.15, -0.1) is 0 Å². The fourth-order valence-corrected chi connectivity index (χ4v) is 3.08. The number of benzene rings is 2. The Morgan fingerprint density at radius 2 is 1.57 bits per heavy atom. The molecule has 4 heteroatoms. The highest BCUT2D eigenvalue weighted by molar-refractivity contribution is 5.64. The molecule has 0 aliphatic heterocycles. The zero-order chi connectivity index (χ0) is 20.0. The molecule has 2 atom stereocenters. The van der Waals surface area contributed by atoms with Gasteiger partial charge < -0.3 is 9.47 Å². The van der Waals surface area contributed by atoms with Gasteiger partial charge in [0, 0.05) is 0 Å². The third-order valence-electron chi connectivity index (χ3n) is 4.59. The predicted octanol–water partition coefficient (Wildman–Crippen LogP) is 4.25. The van der Waals surface area contributed by atoms with E-state index in [2.05, 4.69) is 31.0 Å². The molecule has 28 heavy (non-hydrogen) atoms. The lowest BCUT2D eigenvalue weighted by atomic mass is 10.1. The molecule has 0 bridgehead atoms. The summed E-state index contributed by atoms with van der Waals surface area (Å²) in [6, 6.07) is 20.2. The van der Waals surface area contributed by atoms with Crippen molar-refractivity contribution >= 4 is 6.29 Å². The highest BCUT2D eigenvalue weighted by atomic mass is 16.5. The van der Waals surface area contributed by atoms with Gasteiger partial charge in [0.25, 0.3) is 0 Å². The molecule has 0 aromatic heterocycles. The van der Waals surface area contributed by atoms with Crippen LogP contribution in [-0.4, -0.2) is 43.5 Å². The van der Waals surface area contributed by atoms with E-state index in [-0.39, 0.29) is 12.1 Å². The van der Waals surface area contributed by atoms with Crippen molar-refractivity contribution in [2.45, 2.75) is 38.7 Å². The number of likely N-dealkylation sites (N-methyl/N-ethyl adjacent to an activating group) is 1. The second-order valence-electron chi connectivity index (χ2n) is 6.83. The minimum absolute atomic E-state index is 0.0172. The summed E-state index contributed by atoms with van der Waals surface area (Å²) in [7, 11) is 2.08. The lowest BCUT2D eigenvalue weighted by Crippen LogP contribution is -2.45. The summed E-state index contributed by atoms with van der Waals surface area (Å²) >= 11 is 0. The van der Waals surface area contributed by atoms with Crippen LogP contribution in [0.15, 0.2) is 72.8 Å². The highest BCUT2D eigenvalue weighted by Crippen LogP contribution is 2.14. The summed E-state index contributed by atoms with van der Waals surface area (Å²) < 4.78 is 12.2. The lowest BCUT2D eigenvalue weighted by Gasteiger charge is -2.33. The van der Waals surface area contributed by atoms with Crippen LogP contribution in [0.2, 0.25) is 0 Å². The summed E-state index contributed by atoms with van der Waals surface area (Å²) in [6.45, 7) is 4.65. The van der Waals surface area contributed by atoms with E-state index in [1.807, 2.05) is 54.6 Å². The molecule has 0 radical (unpaired) electrons. The third kappa shape index (κ3) is 7.77. The molecule has 0 fully saturated rings. The Labute approximate surface area is 168 Å². The second kappa shape index (κ2) is 13.0. The van der Waals surface area contributed by atoms with Gasteiger partial charge in [-0.1, -0.05) is 73.7 Å². The summed E-state index contributed by atoms with van der Waals surface area (Å²) in [4.78, 5) is 13.2. The largest absolute Gasteiger partial charge is 0.375 e. The van der Waals surface area contributed by atoms with Crippen molar-refractivity contribution in [2.75, 3.05) is 20.2 Å². The van der Waals surface area contributed by atoms with Crippen molar-refractivity contribution in [3.05, 3.63) is 83.9 Å². The summed E-state index contributed by atoms with van der Waals surface area (Å²) in [5, 5.41) is 0. The number of carbonyl (C=O) groups is 1. The molecule has 0 N–H and O–H groups in total. The number of carbonyl (C=O) groups excluding carboxylic acids is 1. The number of ether oxygens (including phenoxy) is 2. The summed E-state index contributed by atoms with van der Waals surface area (Å²) in [5.74, 6) is 0. The molecular formula is C24H31NO3. The Morgan fingerprint density at radius 3 is 2.14 bits per heavy atom. The Morgan fingerprint density at radius 1 is 0.964 bits per heavy atom. The van der Waals surface area contributed by atoms with Crippen molar-refractivity contribution in [1.29, 1.82) is 0 Å². The average Bonchev–Trinajstić information content (AvgIpc) is 2.73. The van der Waals surface area contributed by atoms with Crippen LogP contribution < -0.4 is 0 Å². The van der Waals surface area contributed by atoms with Crippen molar-refractivity contribution in [2.24, 2.45) is 0 Å². The fraction of sp³-hybridized carbons (Fsp3) is 0.375. The minimum Gasteiger partial charge on any atom is -0.375 e. The van der Waals surface area contributed by atoms with Crippen molar-refractivity contribution in [3.63, 3.8) is 0 Å². The molecule has 0 heterocycles. The number of allylic oxidation sites excluding steroid dienone is 1. The third-order valence-corrected chi connectivity index (χ3v) is 4.59. The van der Waals surface area contributed by atoms with E-state index in [9.17, 15) is 4.79 Å². The molecule has 0 aliphatic rings. The van der Waals surface area contributed by atoms with Crippen molar-refractivity contribution in [3.8, 4) is 0 Å². The Kier molecular flexibility index (Phi) is 10.2. The van der Waals surface area contributed by atoms with Crippen LogP contribution in [0.25, 0.3) is 0 Å². The second-order valence-corrected chi connectivity index (χ2v) is 6.83. The van der Waals surface area contributed by atoms with Gasteiger partial charge in [0.05, 0.1) is 32.0 Å². The highest BCUT2D eigenvalue weighted by Gasteiger charge is 2.24. The first-order valence-corrected chi connectivity index (χ1v) is 9.84. The van der Waals surface area contributed by atoms with E-state index >= 15 is 0 Å². The minimum atomic E-state index is -0.238. The van der Waals surface area contributed by atoms with E-state index < -0.39 is 0 Å². The molecule has 0 saturated heterocycles. The standard InChI is InChI=1S/C24H31NO3/c1-3-16-25(2)23(20-27-18-21-11-6-4-7-12-21)24(15-10-17-26)28-19-22-13-8-5-9-14-22/h4-15,17,23-24H,3,16,18-20H2,1-2H3/b15-10-. The van der Waals surface area contributed by atoms with Crippen LogP contribution in [0.5, 0.6) is 0 Å². The number of rotatable bonds is 13. The first-order chi connectivity index (χ1) is 13.7. The normalized spacial score (nSPS) is 13.7. The van der Waals surface area contributed by atoms with Crippen molar-refractivity contribution in [1.82, 2.24) is 4.90 Å². The van der Waals surface area contributed by atoms with Crippen LogP contribution in [0, 0.1) is 0 Å². The molecule has 0 spiro atoms. The van der Waals surface area contributed by atoms with E-state index in [0.717, 1.165) is 30.4 Å². The average molecular weight is 382 g/mol. The monoisotopic (exact) mass is 381 g/mol. The number of aldehydes is 1. The number of hydrogen-bond acceptors (Lipinski definition) is 4. The SMILES string of the molecule is CCCN(C)C(COCc1ccccc1)C(/C=C\C=O)OCc1ccccc1. The lowest BCUT2D eigenvalue weighted by molar-refractivity contribution is -0.104. The van der Waals surface area contributed by atoms with Gasteiger partial charge in [-0.3, -0.25) is 9.69 Å². The van der Waals surface area contributed by atoms with Gasteiger partial charge in [-0.05, 0) is 37.2 Å². The topological polar surface area (TPSA) is 38.8 Å². The first-order valence-electron chi connectivity index (χ1n) is 9.84. The van der Waals surface area contributed by atoms with Crippen LogP contribution in [0.1, 0.15) is 24.5 Å². The van der Waals surface area contributed by atoms with Gasteiger partial charge >= 0.3 is 0 Å². The summed E-state index contributed by atoms with van der Waals surface area (Å²) in [6.07, 6.45) is 4.94. The number of nitrogens with zero attached hydrogens (tertiary/aromatic N) is 1. The molecule has 4 nitrogen and oxygen atoms in total. The quantitative estimate of drug-likeness (QED) is 0.384. The van der Waals surface area contributed by atoms with Crippen LogP contribution in [-0.2, 0) is 27.5 Å². The number of hydrogen-bond donors (Lipinski definition) is 0. The Balaban J connectivity index is 2.05. The Bertz CT molecular complexity index is 688. The molecule has 2 aromatic rings. The molecule has 2 unspecified atom stereocenters. The molecule has 0 saturated carbocycles. The maximum absolute atomic E-state index is 10.9. The smallest absolute Gasteiger partial charge is 0.142 e. The van der Waals surface area contributed by atoms with Gasteiger partial charge in [0.1, 0.15) is 6.29 Å². The Hall–Kier alpha value is -2.27. The predicted molar refractivity (Wildman–Crippen MR) is 113 cm³/mol. The molecule has 0 amide bonds. The van der Waals surface area contributed by atoms with Gasteiger partial charge in [0.2, 0.25) is 0 Å². The molecule has 150 valence electrons.